The van der Waals surface area contributed by atoms with Crippen molar-refractivity contribution in [3.05, 3.63) is 59.4 Å². The minimum absolute atomic E-state index is 0.0393. The van der Waals surface area contributed by atoms with Crippen LogP contribution in [-0.4, -0.2) is 58.7 Å². The van der Waals surface area contributed by atoms with Crippen LogP contribution in [0.15, 0.2) is 42.5 Å². The van der Waals surface area contributed by atoms with Gasteiger partial charge >= 0.3 is 0 Å². The number of amides is 2. The largest absolute Gasteiger partial charge is 0.454 e. The van der Waals surface area contributed by atoms with Crippen LogP contribution in [-0.2, 0) is 0 Å². The van der Waals surface area contributed by atoms with Crippen molar-refractivity contribution in [2.75, 3.05) is 32.2 Å². The third-order valence-electron chi connectivity index (χ3n) is 5.97. The van der Waals surface area contributed by atoms with Crippen molar-refractivity contribution in [2.45, 2.75) is 17.7 Å². The predicted octanol–water partition coefficient (Wildman–Crippen LogP) is 3.38. The van der Waals surface area contributed by atoms with E-state index in [0.717, 1.165) is 5.75 Å². The van der Waals surface area contributed by atoms with E-state index in [9.17, 15) is 14.0 Å². The van der Waals surface area contributed by atoms with Crippen LogP contribution in [0.25, 0.3) is 0 Å². The number of hydrogen-bond acceptors (Lipinski definition) is 5. The van der Waals surface area contributed by atoms with Crippen LogP contribution >= 0.6 is 11.8 Å². The van der Waals surface area contributed by atoms with Gasteiger partial charge in [0.1, 0.15) is 5.82 Å². The van der Waals surface area contributed by atoms with E-state index in [2.05, 4.69) is 0 Å². The van der Waals surface area contributed by atoms with E-state index >= 15 is 0 Å². The van der Waals surface area contributed by atoms with Gasteiger partial charge in [0, 0.05) is 36.5 Å². The van der Waals surface area contributed by atoms with Gasteiger partial charge in [-0.25, -0.2) is 4.39 Å². The summed E-state index contributed by atoms with van der Waals surface area (Å²) in [6.07, 6.45) is 1.42. The second-order valence-corrected chi connectivity index (χ2v) is 9.08. The molecule has 0 bridgehead atoms. The molecule has 2 fully saturated rings. The molecule has 0 N–H and O–H groups in total. The molecule has 6 nitrogen and oxygen atoms in total. The summed E-state index contributed by atoms with van der Waals surface area (Å²) in [6, 6.07) is 10.9. The number of likely N-dealkylation sites (tertiary alicyclic amines) is 1. The maximum Gasteiger partial charge on any atom is 0.254 e. The Morgan fingerprint density at radius 3 is 2.37 bits per heavy atom. The Morgan fingerprint density at radius 1 is 0.900 bits per heavy atom. The fourth-order valence-electron chi connectivity index (χ4n) is 4.33. The molecule has 3 heterocycles. The lowest BCUT2D eigenvalue weighted by Crippen LogP contribution is -2.53. The summed E-state index contributed by atoms with van der Waals surface area (Å²) in [5, 5.41) is 0. The van der Waals surface area contributed by atoms with Gasteiger partial charge in [0.05, 0.1) is 4.87 Å². The molecule has 156 valence electrons. The van der Waals surface area contributed by atoms with Gasteiger partial charge in [-0.05, 0) is 55.3 Å². The Labute approximate surface area is 177 Å². The van der Waals surface area contributed by atoms with Crippen LogP contribution in [0, 0.1) is 5.82 Å². The predicted molar refractivity (Wildman–Crippen MR) is 110 cm³/mol. The van der Waals surface area contributed by atoms with Crippen LogP contribution in [0.3, 0.4) is 0 Å². The van der Waals surface area contributed by atoms with Crippen molar-refractivity contribution in [1.82, 2.24) is 9.80 Å². The number of fused-ring (bicyclic) bond motifs is 1. The maximum absolute atomic E-state index is 13.2. The highest BCUT2D eigenvalue weighted by Gasteiger charge is 2.47. The number of halogens is 1. The third-order valence-corrected chi connectivity index (χ3v) is 7.52. The fraction of sp³-hybridized carbons (Fsp3) is 0.364. The SMILES string of the molecule is O=C(c1ccc2c(c1)OCO2)N1CCC2(CC1)SCCN2C(=O)c1ccc(F)cc1. The smallest absolute Gasteiger partial charge is 0.254 e. The Balaban J connectivity index is 1.28. The molecule has 5 rings (SSSR count). The number of hydrogen-bond donors (Lipinski definition) is 0. The number of nitrogens with zero attached hydrogens (tertiary/aromatic N) is 2. The Kier molecular flexibility index (Phi) is 4.81. The normalized spacial score (nSPS) is 19.4. The van der Waals surface area contributed by atoms with Gasteiger partial charge in [0.15, 0.2) is 11.5 Å². The first kappa shape index (κ1) is 19.2. The van der Waals surface area contributed by atoms with Gasteiger partial charge in [-0.3, -0.25) is 9.59 Å². The van der Waals surface area contributed by atoms with E-state index in [1.54, 1.807) is 30.0 Å². The van der Waals surface area contributed by atoms with Crippen molar-refractivity contribution in [3.8, 4) is 11.5 Å². The van der Waals surface area contributed by atoms with Crippen LogP contribution < -0.4 is 9.47 Å². The summed E-state index contributed by atoms with van der Waals surface area (Å²) in [7, 11) is 0. The summed E-state index contributed by atoms with van der Waals surface area (Å²) in [5.41, 5.74) is 1.07. The van der Waals surface area contributed by atoms with E-state index in [-0.39, 0.29) is 29.3 Å². The van der Waals surface area contributed by atoms with Crippen molar-refractivity contribution in [1.29, 1.82) is 0 Å². The topological polar surface area (TPSA) is 59.1 Å². The van der Waals surface area contributed by atoms with Crippen molar-refractivity contribution >= 4 is 23.6 Å². The molecule has 0 atom stereocenters. The van der Waals surface area contributed by atoms with E-state index in [0.29, 0.717) is 55.1 Å². The quantitative estimate of drug-likeness (QED) is 0.734. The van der Waals surface area contributed by atoms with Crippen LogP contribution in [0.1, 0.15) is 33.6 Å². The molecular formula is C22H21FN2O4S. The van der Waals surface area contributed by atoms with Gasteiger partial charge in [-0.2, -0.15) is 0 Å². The molecule has 2 amide bonds. The van der Waals surface area contributed by atoms with Gasteiger partial charge in [-0.1, -0.05) is 0 Å². The van der Waals surface area contributed by atoms with Crippen molar-refractivity contribution in [2.24, 2.45) is 0 Å². The molecule has 1 spiro atoms. The average Bonchev–Trinajstić information content (AvgIpc) is 3.40. The highest BCUT2D eigenvalue weighted by atomic mass is 32.2. The second-order valence-electron chi connectivity index (χ2n) is 7.62. The maximum atomic E-state index is 13.2. The third kappa shape index (κ3) is 3.29. The van der Waals surface area contributed by atoms with E-state index in [1.807, 2.05) is 9.80 Å². The molecule has 0 aromatic heterocycles. The number of benzene rings is 2. The Bertz CT molecular complexity index is 989. The molecular weight excluding hydrogens is 407 g/mol. The van der Waals surface area contributed by atoms with Gasteiger partial charge < -0.3 is 19.3 Å². The molecule has 0 radical (unpaired) electrons. The van der Waals surface area contributed by atoms with Crippen LogP contribution in [0.4, 0.5) is 4.39 Å². The van der Waals surface area contributed by atoms with Crippen LogP contribution in [0.2, 0.25) is 0 Å². The van der Waals surface area contributed by atoms with Crippen molar-refractivity contribution in [3.63, 3.8) is 0 Å². The lowest BCUT2D eigenvalue weighted by molar-refractivity contribution is 0.0497. The molecule has 8 heteroatoms. The first-order chi connectivity index (χ1) is 14.6. The number of thioether (sulfide) groups is 1. The number of carbonyl (C=O) groups is 2. The zero-order valence-corrected chi connectivity index (χ0v) is 17.1. The van der Waals surface area contributed by atoms with Crippen LogP contribution in [0.5, 0.6) is 11.5 Å². The molecule has 0 saturated carbocycles. The number of carbonyl (C=O) groups excluding carboxylic acids is 2. The number of ether oxygens (including phenoxy) is 2. The summed E-state index contributed by atoms with van der Waals surface area (Å²) in [5.74, 6) is 1.65. The molecule has 0 unspecified atom stereocenters. The molecule has 2 aromatic rings. The lowest BCUT2D eigenvalue weighted by atomic mass is 10.00. The highest BCUT2D eigenvalue weighted by molar-refractivity contribution is 8.00. The number of rotatable bonds is 2. The lowest BCUT2D eigenvalue weighted by Gasteiger charge is -2.44. The Hall–Kier alpha value is -2.74. The first-order valence-corrected chi connectivity index (χ1v) is 10.9. The minimum Gasteiger partial charge on any atom is -0.454 e. The summed E-state index contributed by atoms with van der Waals surface area (Å²) in [6.45, 7) is 1.99. The molecule has 30 heavy (non-hydrogen) atoms. The molecule has 2 saturated heterocycles. The van der Waals surface area contributed by atoms with E-state index in [1.165, 1.54) is 24.3 Å². The summed E-state index contributed by atoms with van der Waals surface area (Å²) in [4.78, 5) is 29.5. The monoisotopic (exact) mass is 428 g/mol. The molecule has 0 aliphatic carbocycles. The zero-order valence-electron chi connectivity index (χ0n) is 16.3. The summed E-state index contributed by atoms with van der Waals surface area (Å²) < 4.78 is 23.9. The second kappa shape index (κ2) is 7.50. The fourth-order valence-corrected chi connectivity index (χ4v) is 5.78. The van der Waals surface area contributed by atoms with Gasteiger partial charge in [0.2, 0.25) is 6.79 Å². The average molecular weight is 428 g/mol. The molecule has 3 aliphatic heterocycles. The molecule has 2 aromatic carbocycles. The highest BCUT2D eigenvalue weighted by Crippen LogP contribution is 2.45. The Morgan fingerprint density at radius 2 is 1.60 bits per heavy atom. The minimum atomic E-state index is -0.354. The summed E-state index contributed by atoms with van der Waals surface area (Å²) >= 11 is 1.78. The van der Waals surface area contributed by atoms with Crippen molar-refractivity contribution < 1.29 is 23.5 Å². The zero-order chi connectivity index (χ0) is 20.7. The van der Waals surface area contributed by atoms with E-state index < -0.39 is 0 Å². The van der Waals surface area contributed by atoms with E-state index in [4.69, 9.17) is 9.47 Å². The standard InChI is InChI=1S/C22H21FN2O4S/c23-17-4-1-15(2-5-17)21(27)25-11-12-30-22(25)7-9-24(10-8-22)20(26)16-3-6-18-19(13-16)29-14-28-18/h1-6,13H,7-12,14H2. The first-order valence-electron chi connectivity index (χ1n) is 9.96. The number of piperidine rings is 1. The molecule has 3 aliphatic rings. The van der Waals surface area contributed by atoms with Gasteiger partial charge in [0.25, 0.3) is 11.8 Å². The van der Waals surface area contributed by atoms with Gasteiger partial charge in [-0.15, -0.1) is 11.8 Å².